The normalized spacial score (nSPS) is 15.2. The SMILES string of the molecule is CC[C@@H](N)C(=O)NC(CC(C)C)CN(C)C. The molecule has 0 aromatic heterocycles. The van der Waals surface area contributed by atoms with Crippen molar-refractivity contribution in [3.8, 4) is 0 Å². The van der Waals surface area contributed by atoms with Gasteiger partial charge in [-0.25, -0.2) is 0 Å². The molecule has 0 spiro atoms. The van der Waals surface area contributed by atoms with Crippen molar-refractivity contribution in [1.82, 2.24) is 10.2 Å². The first-order valence-corrected chi connectivity index (χ1v) is 6.07. The molecule has 0 fully saturated rings. The molecule has 3 N–H and O–H groups in total. The van der Waals surface area contributed by atoms with Gasteiger partial charge in [0, 0.05) is 12.6 Å². The summed E-state index contributed by atoms with van der Waals surface area (Å²) in [5.74, 6) is 0.540. The number of rotatable bonds is 7. The molecule has 0 saturated carbocycles. The van der Waals surface area contributed by atoms with E-state index in [9.17, 15) is 4.79 Å². The first kappa shape index (κ1) is 15.4. The van der Waals surface area contributed by atoms with Gasteiger partial charge in [-0.15, -0.1) is 0 Å². The van der Waals surface area contributed by atoms with Crippen LogP contribution in [0.25, 0.3) is 0 Å². The topological polar surface area (TPSA) is 58.4 Å². The van der Waals surface area contributed by atoms with Crippen molar-refractivity contribution < 1.29 is 4.79 Å². The molecular weight excluding hydrogens is 202 g/mol. The van der Waals surface area contributed by atoms with Crippen LogP contribution in [0.1, 0.15) is 33.6 Å². The van der Waals surface area contributed by atoms with E-state index in [1.54, 1.807) is 0 Å². The zero-order chi connectivity index (χ0) is 12.7. The molecule has 16 heavy (non-hydrogen) atoms. The van der Waals surface area contributed by atoms with E-state index in [1.165, 1.54) is 0 Å². The third kappa shape index (κ3) is 6.80. The van der Waals surface area contributed by atoms with Crippen LogP contribution in [-0.4, -0.2) is 43.5 Å². The molecule has 0 aliphatic carbocycles. The van der Waals surface area contributed by atoms with Crippen molar-refractivity contribution in [2.75, 3.05) is 20.6 Å². The van der Waals surface area contributed by atoms with E-state index >= 15 is 0 Å². The number of carbonyl (C=O) groups excluding carboxylic acids is 1. The van der Waals surface area contributed by atoms with E-state index < -0.39 is 0 Å². The van der Waals surface area contributed by atoms with Gasteiger partial charge in [-0.2, -0.15) is 0 Å². The molecule has 0 aliphatic rings. The van der Waals surface area contributed by atoms with Crippen LogP contribution >= 0.6 is 0 Å². The highest BCUT2D eigenvalue weighted by molar-refractivity contribution is 5.81. The van der Waals surface area contributed by atoms with E-state index in [4.69, 9.17) is 5.73 Å². The minimum absolute atomic E-state index is 0.0324. The first-order valence-electron chi connectivity index (χ1n) is 6.07. The van der Waals surface area contributed by atoms with Crippen LogP contribution in [-0.2, 0) is 4.79 Å². The van der Waals surface area contributed by atoms with Gasteiger partial charge in [0.15, 0.2) is 0 Å². The Morgan fingerprint density at radius 1 is 1.38 bits per heavy atom. The lowest BCUT2D eigenvalue weighted by Gasteiger charge is -2.25. The summed E-state index contributed by atoms with van der Waals surface area (Å²) in [7, 11) is 4.03. The van der Waals surface area contributed by atoms with Gasteiger partial charge >= 0.3 is 0 Å². The molecule has 0 bridgehead atoms. The Balaban J connectivity index is 4.24. The van der Waals surface area contributed by atoms with Crippen LogP contribution in [0.3, 0.4) is 0 Å². The summed E-state index contributed by atoms with van der Waals surface area (Å²) in [4.78, 5) is 13.8. The largest absolute Gasteiger partial charge is 0.351 e. The highest BCUT2D eigenvalue weighted by Gasteiger charge is 2.18. The predicted octanol–water partition coefficient (Wildman–Crippen LogP) is 0.816. The molecule has 96 valence electrons. The lowest BCUT2D eigenvalue weighted by molar-refractivity contribution is -0.123. The highest BCUT2D eigenvalue weighted by atomic mass is 16.2. The summed E-state index contributed by atoms with van der Waals surface area (Å²) < 4.78 is 0. The molecule has 0 rings (SSSR count). The number of carbonyl (C=O) groups is 1. The highest BCUT2D eigenvalue weighted by Crippen LogP contribution is 2.06. The third-order valence-corrected chi connectivity index (χ3v) is 2.46. The van der Waals surface area contributed by atoms with Crippen LogP contribution in [0.2, 0.25) is 0 Å². The number of amides is 1. The molecule has 0 aromatic rings. The molecular formula is C12H27N3O. The van der Waals surface area contributed by atoms with E-state index in [-0.39, 0.29) is 18.0 Å². The Morgan fingerprint density at radius 3 is 2.31 bits per heavy atom. The monoisotopic (exact) mass is 229 g/mol. The van der Waals surface area contributed by atoms with E-state index in [2.05, 4.69) is 24.1 Å². The van der Waals surface area contributed by atoms with Crippen molar-refractivity contribution in [3.05, 3.63) is 0 Å². The fourth-order valence-corrected chi connectivity index (χ4v) is 1.68. The fraction of sp³-hybridized carbons (Fsp3) is 0.917. The Hall–Kier alpha value is -0.610. The molecule has 0 aliphatic heterocycles. The van der Waals surface area contributed by atoms with Crippen LogP contribution in [0, 0.1) is 5.92 Å². The van der Waals surface area contributed by atoms with E-state index in [0.29, 0.717) is 12.3 Å². The number of nitrogens with zero attached hydrogens (tertiary/aromatic N) is 1. The average Bonchev–Trinajstić information content (AvgIpc) is 2.14. The summed E-state index contributed by atoms with van der Waals surface area (Å²) in [6, 6.07) is -0.183. The molecule has 1 amide bonds. The zero-order valence-corrected chi connectivity index (χ0v) is 11.3. The summed E-state index contributed by atoms with van der Waals surface area (Å²) in [5.41, 5.74) is 5.70. The summed E-state index contributed by atoms with van der Waals surface area (Å²) >= 11 is 0. The van der Waals surface area contributed by atoms with Gasteiger partial charge in [0.25, 0.3) is 0 Å². The Morgan fingerprint density at radius 2 is 1.94 bits per heavy atom. The lowest BCUT2D eigenvalue weighted by Crippen LogP contribution is -2.48. The van der Waals surface area contributed by atoms with Gasteiger partial charge in [0.1, 0.15) is 0 Å². The maximum Gasteiger partial charge on any atom is 0.237 e. The number of hydrogen-bond donors (Lipinski definition) is 2. The molecule has 0 heterocycles. The van der Waals surface area contributed by atoms with Gasteiger partial charge in [0.2, 0.25) is 5.91 Å². The van der Waals surface area contributed by atoms with Crippen molar-refractivity contribution in [2.45, 2.75) is 45.7 Å². The first-order chi connectivity index (χ1) is 7.36. The molecule has 2 atom stereocenters. The molecule has 0 saturated heterocycles. The Kier molecular flexibility index (Phi) is 7.34. The van der Waals surface area contributed by atoms with Crippen LogP contribution in [0.5, 0.6) is 0 Å². The number of likely N-dealkylation sites (N-methyl/N-ethyl adjacent to an activating group) is 1. The third-order valence-electron chi connectivity index (χ3n) is 2.46. The summed E-state index contributed by atoms with van der Waals surface area (Å²) in [5, 5.41) is 3.02. The molecule has 0 aromatic carbocycles. The predicted molar refractivity (Wildman–Crippen MR) is 68.2 cm³/mol. The number of nitrogens with one attached hydrogen (secondary N) is 1. The second-order valence-electron chi connectivity index (χ2n) is 5.11. The van der Waals surface area contributed by atoms with Crippen LogP contribution < -0.4 is 11.1 Å². The van der Waals surface area contributed by atoms with E-state index in [1.807, 2.05) is 21.0 Å². The maximum atomic E-state index is 11.7. The smallest absolute Gasteiger partial charge is 0.237 e. The van der Waals surface area contributed by atoms with Gasteiger partial charge in [-0.05, 0) is 32.9 Å². The van der Waals surface area contributed by atoms with Gasteiger partial charge in [-0.1, -0.05) is 20.8 Å². The van der Waals surface area contributed by atoms with Crippen molar-refractivity contribution in [2.24, 2.45) is 11.7 Å². The van der Waals surface area contributed by atoms with Crippen molar-refractivity contribution >= 4 is 5.91 Å². The molecule has 4 nitrogen and oxygen atoms in total. The van der Waals surface area contributed by atoms with Gasteiger partial charge in [-0.3, -0.25) is 4.79 Å². The summed E-state index contributed by atoms with van der Waals surface area (Å²) in [6.45, 7) is 7.11. The van der Waals surface area contributed by atoms with Crippen molar-refractivity contribution in [3.63, 3.8) is 0 Å². The molecule has 1 unspecified atom stereocenters. The Bertz CT molecular complexity index is 194. The van der Waals surface area contributed by atoms with Crippen molar-refractivity contribution in [1.29, 1.82) is 0 Å². The number of nitrogens with two attached hydrogens (primary N) is 1. The Labute approximate surface area is 99.6 Å². The van der Waals surface area contributed by atoms with Gasteiger partial charge < -0.3 is 16.0 Å². The summed E-state index contributed by atoms with van der Waals surface area (Å²) in [6.07, 6.45) is 1.67. The zero-order valence-electron chi connectivity index (χ0n) is 11.3. The minimum Gasteiger partial charge on any atom is -0.351 e. The van der Waals surface area contributed by atoms with Crippen LogP contribution in [0.15, 0.2) is 0 Å². The second-order valence-corrected chi connectivity index (χ2v) is 5.11. The lowest BCUT2D eigenvalue weighted by atomic mass is 10.0. The quantitative estimate of drug-likeness (QED) is 0.679. The molecule has 0 radical (unpaired) electrons. The van der Waals surface area contributed by atoms with Crippen LogP contribution in [0.4, 0.5) is 0 Å². The second kappa shape index (κ2) is 7.63. The maximum absolute atomic E-state index is 11.7. The fourth-order valence-electron chi connectivity index (χ4n) is 1.68. The minimum atomic E-state index is -0.378. The van der Waals surface area contributed by atoms with Gasteiger partial charge in [0.05, 0.1) is 6.04 Å². The number of hydrogen-bond acceptors (Lipinski definition) is 3. The average molecular weight is 229 g/mol. The van der Waals surface area contributed by atoms with E-state index in [0.717, 1.165) is 13.0 Å². The molecule has 4 heteroatoms. The standard InChI is InChI=1S/C12H27N3O/c1-6-11(13)12(16)14-10(7-9(2)3)8-15(4)5/h9-11H,6-8,13H2,1-5H3,(H,14,16)/t10?,11-/m1/s1.